The van der Waals surface area contributed by atoms with E-state index >= 15 is 0 Å². The Kier molecular flexibility index (Phi) is 6.22. The molecule has 0 fully saturated rings. The van der Waals surface area contributed by atoms with Crippen molar-refractivity contribution in [2.75, 3.05) is 11.9 Å². The molecule has 3 aromatic rings. The molecule has 4 heteroatoms. The van der Waals surface area contributed by atoms with Crippen molar-refractivity contribution in [3.05, 3.63) is 101 Å². The smallest absolute Gasteiger partial charge is 0.255 e. The molecule has 0 bridgehead atoms. The number of benzene rings is 3. The number of carbonyl (C=O) groups excluding carboxylic acids is 2. The van der Waals surface area contributed by atoms with Crippen LogP contribution in [0.3, 0.4) is 0 Å². The quantitative estimate of drug-likeness (QED) is 0.668. The van der Waals surface area contributed by atoms with E-state index in [4.69, 9.17) is 0 Å². The van der Waals surface area contributed by atoms with Gasteiger partial charge in [0.15, 0.2) is 0 Å². The molecule has 0 saturated carbocycles. The standard InChI is InChI=1S/C24H24N2O2/c1-3-26(17-19-7-5-4-6-8-19)24(28)21-13-11-20(12-14-21)23(27)25-22-15-9-18(2)10-16-22/h4-16H,3,17H2,1-2H3,(H,25,27). The van der Waals surface area contributed by atoms with Gasteiger partial charge in [0.1, 0.15) is 0 Å². The monoisotopic (exact) mass is 372 g/mol. The number of anilines is 1. The van der Waals surface area contributed by atoms with Crippen LogP contribution in [0.2, 0.25) is 0 Å². The summed E-state index contributed by atoms with van der Waals surface area (Å²) in [6, 6.07) is 24.3. The Morgan fingerprint density at radius 1 is 0.821 bits per heavy atom. The molecule has 0 aliphatic carbocycles. The van der Waals surface area contributed by atoms with Crippen LogP contribution in [0.25, 0.3) is 0 Å². The second-order valence-electron chi connectivity index (χ2n) is 6.70. The number of rotatable bonds is 6. The first-order valence-corrected chi connectivity index (χ1v) is 9.38. The van der Waals surface area contributed by atoms with Gasteiger partial charge < -0.3 is 10.2 Å². The van der Waals surface area contributed by atoms with Gasteiger partial charge in [0.05, 0.1) is 0 Å². The van der Waals surface area contributed by atoms with Crippen LogP contribution in [0.1, 0.15) is 38.8 Å². The van der Waals surface area contributed by atoms with Crippen LogP contribution in [0, 0.1) is 6.92 Å². The third-order valence-corrected chi connectivity index (χ3v) is 4.59. The van der Waals surface area contributed by atoms with Crippen molar-refractivity contribution >= 4 is 17.5 Å². The first kappa shape index (κ1) is 19.4. The lowest BCUT2D eigenvalue weighted by atomic mass is 10.1. The average molecular weight is 372 g/mol. The molecule has 0 unspecified atom stereocenters. The molecule has 0 aromatic heterocycles. The van der Waals surface area contributed by atoms with Crippen molar-refractivity contribution in [1.82, 2.24) is 4.90 Å². The van der Waals surface area contributed by atoms with Gasteiger partial charge in [-0.3, -0.25) is 9.59 Å². The Bertz CT molecular complexity index is 933. The van der Waals surface area contributed by atoms with E-state index in [1.54, 1.807) is 29.2 Å². The second-order valence-corrected chi connectivity index (χ2v) is 6.70. The summed E-state index contributed by atoms with van der Waals surface area (Å²) in [5.74, 6) is -0.240. The third-order valence-electron chi connectivity index (χ3n) is 4.59. The second kappa shape index (κ2) is 9.00. The Morgan fingerprint density at radius 2 is 1.43 bits per heavy atom. The van der Waals surface area contributed by atoms with E-state index in [0.717, 1.165) is 16.8 Å². The maximum Gasteiger partial charge on any atom is 0.255 e. The minimum atomic E-state index is -0.195. The summed E-state index contributed by atoms with van der Waals surface area (Å²) < 4.78 is 0. The molecule has 0 radical (unpaired) electrons. The first-order chi connectivity index (χ1) is 13.6. The summed E-state index contributed by atoms with van der Waals surface area (Å²) in [6.07, 6.45) is 0. The lowest BCUT2D eigenvalue weighted by molar-refractivity contribution is 0.0752. The van der Waals surface area contributed by atoms with E-state index in [-0.39, 0.29) is 11.8 Å². The van der Waals surface area contributed by atoms with Gasteiger partial charge in [0.2, 0.25) is 0 Å². The van der Waals surface area contributed by atoms with Gasteiger partial charge >= 0.3 is 0 Å². The predicted octanol–water partition coefficient (Wildman–Crippen LogP) is 4.91. The highest BCUT2D eigenvalue weighted by atomic mass is 16.2. The summed E-state index contributed by atoms with van der Waals surface area (Å²) in [7, 11) is 0. The third kappa shape index (κ3) is 4.86. The molecule has 0 saturated heterocycles. The Morgan fingerprint density at radius 3 is 2.04 bits per heavy atom. The van der Waals surface area contributed by atoms with Crippen molar-refractivity contribution in [2.24, 2.45) is 0 Å². The van der Waals surface area contributed by atoms with Crippen molar-refractivity contribution in [1.29, 1.82) is 0 Å². The van der Waals surface area contributed by atoms with Crippen LogP contribution in [0.15, 0.2) is 78.9 Å². The summed E-state index contributed by atoms with van der Waals surface area (Å²) in [5.41, 5.74) is 4.06. The highest BCUT2D eigenvalue weighted by molar-refractivity contribution is 6.05. The highest BCUT2D eigenvalue weighted by Crippen LogP contribution is 2.14. The summed E-state index contributed by atoms with van der Waals surface area (Å²) in [6.45, 7) is 5.14. The highest BCUT2D eigenvalue weighted by Gasteiger charge is 2.15. The number of nitrogens with one attached hydrogen (secondary N) is 1. The van der Waals surface area contributed by atoms with Crippen LogP contribution in [0.5, 0.6) is 0 Å². The number of hydrogen-bond donors (Lipinski definition) is 1. The molecular weight excluding hydrogens is 348 g/mol. The van der Waals surface area contributed by atoms with E-state index in [0.29, 0.717) is 24.2 Å². The molecule has 28 heavy (non-hydrogen) atoms. The van der Waals surface area contributed by atoms with Gasteiger partial charge in [-0.05, 0) is 55.8 Å². The van der Waals surface area contributed by atoms with Gasteiger partial charge in [0.25, 0.3) is 11.8 Å². The average Bonchev–Trinajstić information content (AvgIpc) is 2.74. The largest absolute Gasteiger partial charge is 0.335 e. The van der Waals surface area contributed by atoms with E-state index in [9.17, 15) is 9.59 Å². The Labute approximate surface area is 165 Å². The number of carbonyl (C=O) groups is 2. The molecule has 0 aliphatic rings. The molecule has 0 aliphatic heterocycles. The van der Waals surface area contributed by atoms with Gasteiger partial charge in [-0.1, -0.05) is 48.0 Å². The zero-order valence-corrected chi connectivity index (χ0v) is 16.2. The van der Waals surface area contributed by atoms with Crippen molar-refractivity contribution in [2.45, 2.75) is 20.4 Å². The van der Waals surface area contributed by atoms with Crippen LogP contribution in [-0.4, -0.2) is 23.3 Å². The number of amides is 2. The maximum absolute atomic E-state index is 12.8. The summed E-state index contributed by atoms with van der Waals surface area (Å²) in [4.78, 5) is 27.0. The van der Waals surface area contributed by atoms with Crippen molar-refractivity contribution < 1.29 is 9.59 Å². The fraction of sp³-hybridized carbons (Fsp3) is 0.167. The predicted molar refractivity (Wildman–Crippen MR) is 112 cm³/mol. The minimum absolute atomic E-state index is 0.0446. The Balaban J connectivity index is 1.67. The molecular formula is C24H24N2O2. The molecule has 0 atom stereocenters. The van der Waals surface area contributed by atoms with Gasteiger partial charge in [-0.2, -0.15) is 0 Å². The van der Waals surface area contributed by atoms with E-state index < -0.39 is 0 Å². The first-order valence-electron chi connectivity index (χ1n) is 9.38. The summed E-state index contributed by atoms with van der Waals surface area (Å²) in [5, 5.41) is 2.87. The number of hydrogen-bond acceptors (Lipinski definition) is 2. The SMILES string of the molecule is CCN(Cc1ccccc1)C(=O)c1ccc(C(=O)Nc2ccc(C)cc2)cc1. The molecule has 142 valence electrons. The van der Waals surface area contributed by atoms with Crippen molar-refractivity contribution in [3.8, 4) is 0 Å². The summed E-state index contributed by atoms with van der Waals surface area (Å²) >= 11 is 0. The molecule has 1 N–H and O–H groups in total. The van der Waals surface area contributed by atoms with E-state index in [2.05, 4.69) is 5.32 Å². The molecule has 2 amide bonds. The van der Waals surface area contributed by atoms with Gasteiger partial charge in [-0.25, -0.2) is 0 Å². The molecule has 4 nitrogen and oxygen atoms in total. The molecule has 0 spiro atoms. The fourth-order valence-electron chi connectivity index (χ4n) is 2.92. The minimum Gasteiger partial charge on any atom is -0.335 e. The topological polar surface area (TPSA) is 49.4 Å². The number of aryl methyl sites for hydroxylation is 1. The van der Waals surface area contributed by atoms with Gasteiger partial charge in [0, 0.05) is 29.9 Å². The van der Waals surface area contributed by atoms with Crippen LogP contribution >= 0.6 is 0 Å². The van der Waals surface area contributed by atoms with E-state index in [1.807, 2.05) is 68.4 Å². The maximum atomic E-state index is 12.8. The normalized spacial score (nSPS) is 10.4. The van der Waals surface area contributed by atoms with E-state index in [1.165, 1.54) is 0 Å². The Hall–Kier alpha value is -3.40. The molecule has 0 heterocycles. The number of nitrogens with zero attached hydrogens (tertiary/aromatic N) is 1. The molecule has 3 aromatic carbocycles. The lowest BCUT2D eigenvalue weighted by Crippen LogP contribution is -2.30. The zero-order chi connectivity index (χ0) is 19.9. The fourth-order valence-corrected chi connectivity index (χ4v) is 2.92. The lowest BCUT2D eigenvalue weighted by Gasteiger charge is -2.21. The van der Waals surface area contributed by atoms with Crippen LogP contribution in [0.4, 0.5) is 5.69 Å². The zero-order valence-electron chi connectivity index (χ0n) is 16.2. The van der Waals surface area contributed by atoms with Crippen molar-refractivity contribution in [3.63, 3.8) is 0 Å². The van der Waals surface area contributed by atoms with Crippen LogP contribution in [-0.2, 0) is 6.54 Å². The van der Waals surface area contributed by atoms with Crippen LogP contribution < -0.4 is 5.32 Å². The molecule has 3 rings (SSSR count). The van der Waals surface area contributed by atoms with Gasteiger partial charge in [-0.15, -0.1) is 0 Å².